The summed E-state index contributed by atoms with van der Waals surface area (Å²) in [5, 5.41) is 2.56. The van der Waals surface area contributed by atoms with E-state index in [1.165, 1.54) is 0 Å². The number of hydrogen-bond acceptors (Lipinski definition) is 5. The number of nitrogens with zero attached hydrogens (tertiary/aromatic N) is 2. The SMILES string of the molecule is CNC(=O)CCOCCOCCN1CCN(C)CC1. The number of carbonyl (C=O) groups excluding carboxylic acids is 1. The fourth-order valence-corrected chi connectivity index (χ4v) is 1.88. The van der Waals surface area contributed by atoms with Gasteiger partial charge in [-0.1, -0.05) is 0 Å². The Morgan fingerprint density at radius 3 is 2.32 bits per heavy atom. The first kappa shape index (κ1) is 16.4. The van der Waals surface area contributed by atoms with Crippen LogP contribution in [0.25, 0.3) is 0 Å². The molecule has 0 aromatic heterocycles. The van der Waals surface area contributed by atoms with E-state index >= 15 is 0 Å². The molecule has 1 heterocycles. The summed E-state index contributed by atoms with van der Waals surface area (Å²) in [6, 6.07) is 0. The molecule has 1 aliphatic heterocycles. The minimum atomic E-state index is 0.0102. The maximum Gasteiger partial charge on any atom is 0.222 e. The van der Waals surface area contributed by atoms with E-state index in [9.17, 15) is 4.79 Å². The number of carbonyl (C=O) groups is 1. The Hall–Kier alpha value is -0.690. The van der Waals surface area contributed by atoms with Crippen LogP contribution in [0.4, 0.5) is 0 Å². The van der Waals surface area contributed by atoms with E-state index in [2.05, 4.69) is 22.2 Å². The maximum atomic E-state index is 10.9. The third-order valence-corrected chi connectivity index (χ3v) is 3.27. The van der Waals surface area contributed by atoms with Crippen molar-refractivity contribution in [1.29, 1.82) is 0 Å². The second-order valence-electron chi connectivity index (χ2n) is 4.79. The lowest BCUT2D eigenvalue weighted by Gasteiger charge is -2.32. The molecule has 6 heteroatoms. The number of ether oxygens (including phenoxy) is 2. The highest BCUT2D eigenvalue weighted by molar-refractivity contribution is 5.75. The molecule has 1 saturated heterocycles. The predicted octanol–water partition coefficient (Wildman–Crippen LogP) is -0.597. The van der Waals surface area contributed by atoms with Crippen molar-refractivity contribution in [2.75, 3.05) is 73.2 Å². The zero-order chi connectivity index (χ0) is 13.9. The number of hydrogen-bond donors (Lipinski definition) is 1. The number of rotatable bonds is 9. The van der Waals surface area contributed by atoms with Gasteiger partial charge in [0.2, 0.25) is 5.91 Å². The highest BCUT2D eigenvalue weighted by Crippen LogP contribution is 1.98. The van der Waals surface area contributed by atoms with Crippen molar-refractivity contribution in [2.45, 2.75) is 6.42 Å². The minimum absolute atomic E-state index is 0.0102. The molecule has 1 amide bonds. The van der Waals surface area contributed by atoms with Crippen molar-refractivity contribution in [3.05, 3.63) is 0 Å². The Balaban J connectivity index is 1.82. The quantitative estimate of drug-likeness (QED) is 0.569. The van der Waals surface area contributed by atoms with E-state index in [1.807, 2.05) is 0 Å². The molecule has 19 heavy (non-hydrogen) atoms. The van der Waals surface area contributed by atoms with Gasteiger partial charge in [0, 0.05) is 46.2 Å². The molecule has 1 aliphatic rings. The Kier molecular flexibility index (Phi) is 8.73. The summed E-state index contributed by atoms with van der Waals surface area (Å²) in [7, 11) is 3.79. The van der Waals surface area contributed by atoms with Gasteiger partial charge in [-0.3, -0.25) is 9.69 Å². The second-order valence-corrected chi connectivity index (χ2v) is 4.79. The Bertz CT molecular complexity index is 243. The molecule has 1 rings (SSSR count). The average molecular weight is 273 g/mol. The minimum Gasteiger partial charge on any atom is -0.379 e. The lowest BCUT2D eigenvalue weighted by Crippen LogP contribution is -2.45. The van der Waals surface area contributed by atoms with Crippen LogP contribution in [-0.2, 0) is 14.3 Å². The van der Waals surface area contributed by atoms with Crippen molar-refractivity contribution in [3.8, 4) is 0 Å². The van der Waals surface area contributed by atoms with Gasteiger partial charge >= 0.3 is 0 Å². The number of piperazine rings is 1. The molecule has 0 spiro atoms. The van der Waals surface area contributed by atoms with E-state index in [0.29, 0.717) is 26.2 Å². The van der Waals surface area contributed by atoms with Crippen LogP contribution in [0.15, 0.2) is 0 Å². The first-order valence-electron chi connectivity index (χ1n) is 6.99. The Morgan fingerprint density at radius 1 is 1.05 bits per heavy atom. The normalized spacial score (nSPS) is 17.6. The van der Waals surface area contributed by atoms with E-state index in [1.54, 1.807) is 7.05 Å². The highest BCUT2D eigenvalue weighted by Gasteiger charge is 2.12. The zero-order valence-corrected chi connectivity index (χ0v) is 12.2. The van der Waals surface area contributed by atoms with Gasteiger partial charge < -0.3 is 19.7 Å². The van der Waals surface area contributed by atoms with Crippen molar-refractivity contribution in [2.24, 2.45) is 0 Å². The summed E-state index contributed by atoms with van der Waals surface area (Å²) < 4.78 is 10.8. The first-order chi connectivity index (χ1) is 9.22. The molecule has 0 aliphatic carbocycles. The predicted molar refractivity (Wildman–Crippen MR) is 74.3 cm³/mol. The van der Waals surface area contributed by atoms with Crippen LogP contribution in [0.1, 0.15) is 6.42 Å². The van der Waals surface area contributed by atoms with Crippen LogP contribution in [0.3, 0.4) is 0 Å². The summed E-state index contributed by atoms with van der Waals surface area (Å²) in [6.07, 6.45) is 0.414. The molecule has 1 N–H and O–H groups in total. The van der Waals surface area contributed by atoms with Gasteiger partial charge in [-0.05, 0) is 7.05 Å². The van der Waals surface area contributed by atoms with Gasteiger partial charge in [0.05, 0.1) is 26.4 Å². The Labute approximate surface area is 116 Å². The van der Waals surface area contributed by atoms with E-state index in [0.717, 1.165) is 39.3 Å². The van der Waals surface area contributed by atoms with Crippen LogP contribution < -0.4 is 5.32 Å². The first-order valence-corrected chi connectivity index (χ1v) is 6.99. The molecule has 6 nitrogen and oxygen atoms in total. The highest BCUT2D eigenvalue weighted by atomic mass is 16.5. The van der Waals surface area contributed by atoms with E-state index in [4.69, 9.17) is 9.47 Å². The van der Waals surface area contributed by atoms with Gasteiger partial charge in [-0.2, -0.15) is 0 Å². The smallest absolute Gasteiger partial charge is 0.222 e. The fraction of sp³-hybridized carbons (Fsp3) is 0.923. The van der Waals surface area contributed by atoms with Gasteiger partial charge in [0.15, 0.2) is 0 Å². The topological polar surface area (TPSA) is 54.0 Å². The van der Waals surface area contributed by atoms with Crippen molar-refractivity contribution in [1.82, 2.24) is 15.1 Å². The Morgan fingerprint density at radius 2 is 1.68 bits per heavy atom. The molecular weight excluding hydrogens is 246 g/mol. The molecular formula is C13H27N3O3. The number of likely N-dealkylation sites (N-methyl/N-ethyl adjacent to an activating group) is 1. The molecule has 0 bridgehead atoms. The summed E-state index contributed by atoms with van der Waals surface area (Å²) in [6.45, 7) is 7.90. The van der Waals surface area contributed by atoms with E-state index < -0.39 is 0 Å². The number of nitrogens with one attached hydrogen (secondary N) is 1. The van der Waals surface area contributed by atoms with Crippen LogP contribution in [0.2, 0.25) is 0 Å². The summed E-state index contributed by atoms with van der Waals surface area (Å²) in [4.78, 5) is 15.7. The molecule has 0 aromatic carbocycles. The van der Waals surface area contributed by atoms with Crippen LogP contribution >= 0.6 is 0 Å². The van der Waals surface area contributed by atoms with Gasteiger partial charge in [-0.15, -0.1) is 0 Å². The molecule has 1 fully saturated rings. The summed E-state index contributed by atoms with van der Waals surface area (Å²) in [5.41, 5.74) is 0. The molecule has 0 saturated carbocycles. The lowest BCUT2D eigenvalue weighted by atomic mass is 10.3. The van der Waals surface area contributed by atoms with Crippen molar-refractivity contribution >= 4 is 5.91 Å². The molecule has 0 unspecified atom stereocenters. The lowest BCUT2D eigenvalue weighted by molar-refractivity contribution is -0.121. The van der Waals surface area contributed by atoms with Crippen molar-refractivity contribution < 1.29 is 14.3 Å². The molecule has 0 radical (unpaired) electrons. The van der Waals surface area contributed by atoms with Gasteiger partial charge in [0.25, 0.3) is 0 Å². The van der Waals surface area contributed by atoms with Gasteiger partial charge in [0.1, 0.15) is 0 Å². The maximum absolute atomic E-state index is 10.9. The van der Waals surface area contributed by atoms with Crippen LogP contribution in [0, 0.1) is 0 Å². The van der Waals surface area contributed by atoms with E-state index in [-0.39, 0.29) is 5.91 Å². The third kappa shape index (κ3) is 8.15. The summed E-state index contributed by atoms with van der Waals surface area (Å²) >= 11 is 0. The largest absolute Gasteiger partial charge is 0.379 e. The van der Waals surface area contributed by atoms with Crippen LogP contribution in [-0.4, -0.2) is 89.0 Å². The molecule has 0 atom stereocenters. The zero-order valence-electron chi connectivity index (χ0n) is 12.2. The second kappa shape index (κ2) is 10.1. The molecule has 0 aromatic rings. The average Bonchev–Trinajstić information content (AvgIpc) is 2.43. The summed E-state index contributed by atoms with van der Waals surface area (Å²) in [5.74, 6) is 0.0102. The third-order valence-electron chi connectivity index (χ3n) is 3.27. The van der Waals surface area contributed by atoms with Crippen molar-refractivity contribution in [3.63, 3.8) is 0 Å². The number of amides is 1. The van der Waals surface area contributed by atoms with Crippen LogP contribution in [0.5, 0.6) is 0 Å². The fourth-order valence-electron chi connectivity index (χ4n) is 1.88. The van der Waals surface area contributed by atoms with Gasteiger partial charge in [-0.25, -0.2) is 0 Å². The molecule has 112 valence electrons. The standard InChI is InChI=1S/C13H27N3O3/c1-14-13(17)3-9-18-11-12-19-10-8-16-6-4-15(2)5-7-16/h3-12H2,1-2H3,(H,14,17). The monoisotopic (exact) mass is 273 g/mol.